The summed E-state index contributed by atoms with van der Waals surface area (Å²) in [6.07, 6.45) is 0. The second-order valence-electron chi connectivity index (χ2n) is 6.28. The Kier molecular flexibility index (Phi) is 6.64. The molecule has 0 atom stereocenters. The zero-order valence-electron chi connectivity index (χ0n) is 16.0. The molecular formula is C22H15N3O5S. The number of carbonyl (C=O) groups is 2. The number of hydrogen-bond donors (Lipinski definition) is 1. The minimum Gasteiger partial charge on any atom is -0.426 e. The number of ether oxygens (including phenoxy) is 1. The minimum atomic E-state index is -0.775. The number of esters is 1. The van der Waals surface area contributed by atoms with Crippen LogP contribution >= 0.6 is 11.8 Å². The maximum atomic E-state index is 12.1. The molecule has 3 aromatic carbocycles. The lowest BCUT2D eigenvalue weighted by atomic mass is 10.0. The van der Waals surface area contributed by atoms with Gasteiger partial charge in [-0.05, 0) is 47.5 Å². The summed E-state index contributed by atoms with van der Waals surface area (Å²) in [6.45, 7) is 0. The Labute approximate surface area is 181 Å². The highest BCUT2D eigenvalue weighted by molar-refractivity contribution is 8.00. The molecule has 1 amide bonds. The maximum Gasteiger partial charge on any atom is 0.321 e. The van der Waals surface area contributed by atoms with E-state index in [2.05, 4.69) is 6.07 Å². The van der Waals surface area contributed by atoms with Gasteiger partial charge >= 0.3 is 5.97 Å². The molecule has 3 aromatic rings. The van der Waals surface area contributed by atoms with Crippen LogP contribution < -0.4 is 10.5 Å². The summed E-state index contributed by atoms with van der Waals surface area (Å²) in [7, 11) is 0. The standard InChI is InChI=1S/C22H15N3O5S/c23-12-14-1-3-15(4-2-14)16-5-8-18(9-6-16)30-21(26)13-31-20-10-7-17(22(24)27)11-19(20)25(28)29/h1-11H,13H2,(H2,24,27). The van der Waals surface area contributed by atoms with Gasteiger partial charge in [0.1, 0.15) is 5.75 Å². The monoisotopic (exact) mass is 433 g/mol. The van der Waals surface area contributed by atoms with E-state index in [4.69, 9.17) is 15.7 Å². The number of thioether (sulfide) groups is 1. The smallest absolute Gasteiger partial charge is 0.321 e. The van der Waals surface area contributed by atoms with Gasteiger partial charge in [-0.2, -0.15) is 5.26 Å². The Morgan fingerprint density at radius 1 is 1.03 bits per heavy atom. The average molecular weight is 433 g/mol. The van der Waals surface area contributed by atoms with Gasteiger partial charge in [-0.25, -0.2) is 0 Å². The van der Waals surface area contributed by atoms with Crippen molar-refractivity contribution in [3.63, 3.8) is 0 Å². The summed E-state index contributed by atoms with van der Waals surface area (Å²) in [5.41, 5.74) is 7.23. The zero-order chi connectivity index (χ0) is 22.4. The van der Waals surface area contributed by atoms with E-state index in [1.54, 1.807) is 36.4 Å². The third kappa shape index (κ3) is 5.46. The number of nitriles is 1. The van der Waals surface area contributed by atoms with Crippen molar-refractivity contribution < 1.29 is 19.2 Å². The number of nitrogens with two attached hydrogens (primary N) is 1. The van der Waals surface area contributed by atoms with Gasteiger partial charge in [0.05, 0.1) is 27.2 Å². The molecule has 0 saturated carbocycles. The van der Waals surface area contributed by atoms with E-state index < -0.39 is 16.8 Å². The number of carbonyl (C=O) groups excluding carboxylic acids is 2. The van der Waals surface area contributed by atoms with Crippen molar-refractivity contribution in [2.75, 3.05) is 5.75 Å². The molecule has 0 heterocycles. The van der Waals surface area contributed by atoms with Crippen LogP contribution in [0.3, 0.4) is 0 Å². The van der Waals surface area contributed by atoms with Crippen molar-refractivity contribution in [3.05, 3.63) is 88.0 Å². The molecule has 154 valence electrons. The molecule has 8 nitrogen and oxygen atoms in total. The van der Waals surface area contributed by atoms with Gasteiger partial charge in [0.2, 0.25) is 5.91 Å². The van der Waals surface area contributed by atoms with Crippen molar-refractivity contribution in [1.29, 1.82) is 5.26 Å². The normalized spacial score (nSPS) is 10.2. The van der Waals surface area contributed by atoms with Crippen LogP contribution in [-0.4, -0.2) is 22.6 Å². The van der Waals surface area contributed by atoms with Gasteiger partial charge in [-0.15, -0.1) is 11.8 Å². The van der Waals surface area contributed by atoms with Crippen LogP contribution in [0.5, 0.6) is 5.75 Å². The first-order valence-corrected chi connectivity index (χ1v) is 9.88. The fraction of sp³-hybridized carbons (Fsp3) is 0.0455. The zero-order valence-corrected chi connectivity index (χ0v) is 16.8. The number of rotatable bonds is 7. The van der Waals surface area contributed by atoms with E-state index in [0.717, 1.165) is 29.0 Å². The molecule has 0 unspecified atom stereocenters. The lowest BCUT2D eigenvalue weighted by molar-refractivity contribution is -0.387. The molecule has 3 rings (SSSR count). The number of nitro groups is 1. The number of nitrogens with zero attached hydrogens (tertiary/aromatic N) is 2. The number of nitro benzene ring substituents is 1. The van der Waals surface area contributed by atoms with Crippen LogP contribution in [0.4, 0.5) is 5.69 Å². The highest BCUT2D eigenvalue weighted by atomic mass is 32.2. The summed E-state index contributed by atoms with van der Waals surface area (Å²) in [6, 6.07) is 19.8. The summed E-state index contributed by atoms with van der Waals surface area (Å²) >= 11 is 0.932. The van der Waals surface area contributed by atoms with E-state index in [-0.39, 0.29) is 21.9 Å². The summed E-state index contributed by atoms with van der Waals surface area (Å²) < 4.78 is 5.28. The number of primary amides is 1. The molecule has 0 aliphatic heterocycles. The fourth-order valence-corrected chi connectivity index (χ4v) is 3.46. The molecule has 2 N–H and O–H groups in total. The molecule has 9 heteroatoms. The summed E-state index contributed by atoms with van der Waals surface area (Å²) in [4.78, 5) is 34.2. The maximum absolute atomic E-state index is 12.1. The average Bonchev–Trinajstić information content (AvgIpc) is 2.78. The van der Waals surface area contributed by atoms with Gasteiger partial charge < -0.3 is 10.5 Å². The van der Waals surface area contributed by atoms with Gasteiger partial charge in [-0.1, -0.05) is 24.3 Å². The number of hydrogen-bond acceptors (Lipinski definition) is 7. The molecule has 0 fully saturated rings. The Balaban J connectivity index is 1.63. The Bertz CT molecular complexity index is 1190. The van der Waals surface area contributed by atoms with Gasteiger partial charge in [-0.3, -0.25) is 19.7 Å². The SMILES string of the molecule is N#Cc1ccc(-c2ccc(OC(=O)CSc3ccc(C(N)=O)cc3[N+](=O)[O-])cc2)cc1. The van der Waals surface area contributed by atoms with Crippen LogP contribution in [0.15, 0.2) is 71.6 Å². The second kappa shape index (κ2) is 9.56. The van der Waals surface area contributed by atoms with Crippen LogP contribution in [0.1, 0.15) is 15.9 Å². The molecule has 0 aromatic heterocycles. The first-order valence-electron chi connectivity index (χ1n) is 8.89. The number of amides is 1. The van der Waals surface area contributed by atoms with Crippen LogP contribution in [0.2, 0.25) is 0 Å². The van der Waals surface area contributed by atoms with E-state index in [9.17, 15) is 19.7 Å². The van der Waals surface area contributed by atoms with Crippen molar-refractivity contribution in [2.24, 2.45) is 5.73 Å². The quantitative estimate of drug-likeness (QED) is 0.196. The second-order valence-corrected chi connectivity index (χ2v) is 7.30. The molecule has 31 heavy (non-hydrogen) atoms. The molecule has 0 saturated heterocycles. The molecule has 0 bridgehead atoms. The number of benzene rings is 3. The van der Waals surface area contributed by atoms with Gasteiger partial charge in [0, 0.05) is 11.6 Å². The summed E-state index contributed by atoms with van der Waals surface area (Å²) in [5.74, 6) is -1.18. The highest BCUT2D eigenvalue weighted by Gasteiger charge is 2.18. The highest BCUT2D eigenvalue weighted by Crippen LogP contribution is 2.30. The Morgan fingerprint density at radius 3 is 2.19 bits per heavy atom. The minimum absolute atomic E-state index is 0.0148. The Hall–Kier alpha value is -4.16. The summed E-state index contributed by atoms with van der Waals surface area (Å²) in [5, 5.41) is 20.1. The predicted octanol–water partition coefficient (Wildman–Crippen LogP) is 3.93. The molecule has 0 radical (unpaired) electrons. The van der Waals surface area contributed by atoms with Gasteiger partial charge in [0.15, 0.2) is 0 Å². The molecule has 0 aliphatic rings. The first kappa shape index (κ1) is 21.5. The van der Waals surface area contributed by atoms with Crippen molar-refractivity contribution >= 4 is 29.3 Å². The third-order valence-corrected chi connectivity index (χ3v) is 5.26. The van der Waals surface area contributed by atoms with Crippen molar-refractivity contribution in [3.8, 4) is 22.9 Å². The van der Waals surface area contributed by atoms with Gasteiger partial charge in [0.25, 0.3) is 5.69 Å². The van der Waals surface area contributed by atoms with Crippen LogP contribution in [0, 0.1) is 21.4 Å². The van der Waals surface area contributed by atoms with E-state index in [1.807, 2.05) is 12.1 Å². The van der Waals surface area contributed by atoms with E-state index >= 15 is 0 Å². The Morgan fingerprint density at radius 2 is 1.65 bits per heavy atom. The fourth-order valence-electron chi connectivity index (χ4n) is 2.69. The van der Waals surface area contributed by atoms with E-state index in [0.29, 0.717) is 11.3 Å². The topological polar surface area (TPSA) is 136 Å². The van der Waals surface area contributed by atoms with Crippen LogP contribution in [-0.2, 0) is 4.79 Å². The first-order chi connectivity index (χ1) is 14.9. The van der Waals surface area contributed by atoms with E-state index in [1.165, 1.54) is 12.1 Å². The lowest BCUT2D eigenvalue weighted by Gasteiger charge is -2.07. The molecular weight excluding hydrogens is 418 g/mol. The third-order valence-electron chi connectivity index (χ3n) is 4.22. The largest absolute Gasteiger partial charge is 0.426 e. The van der Waals surface area contributed by atoms with Crippen molar-refractivity contribution in [1.82, 2.24) is 0 Å². The predicted molar refractivity (Wildman–Crippen MR) is 115 cm³/mol. The molecule has 0 aliphatic carbocycles. The molecule has 0 spiro atoms. The van der Waals surface area contributed by atoms with Crippen molar-refractivity contribution in [2.45, 2.75) is 4.90 Å². The van der Waals surface area contributed by atoms with Crippen LogP contribution in [0.25, 0.3) is 11.1 Å². The lowest BCUT2D eigenvalue weighted by Crippen LogP contribution is -2.12.